The Morgan fingerprint density at radius 1 is 0.717 bits per heavy atom. The van der Waals surface area contributed by atoms with Gasteiger partial charge >= 0.3 is 0 Å². The van der Waals surface area contributed by atoms with E-state index < -0.39 is 11.6 Å². The van der Waals surface area contributed by atoms with Crippen LogP contribution in [0.15, 0.2) is 144 Å². The van der Waals surface area contributed by atoms with Crippen molar-refractivity contribution >= 4 is 11.9 Å². The third-order valence-corrected chi connectivity index (χ3v) is 10.3. The summed E-state index contributed by atoms with van der Waals surface area (Å²) in [6, 6.07) is 47.2. The van der Waals surface area contributed by atoms with Crippen molar-refractivity contribution in [2.45, 2.75) is 51.1 Å². The van der Waals surface area contributed by atoms with Crippen LogP contribution in [0.5, 0.6) is 0 Å². The van der Waals surface area contributed by atoms with Crippen LogP contribution in [0.3, 0.4) is 0 Å². The van der Waals surface area contributed by atoms with Crippen molar-refractivity contribution < 1.29 is 4.79 Å². The van der Waals surface area contributed by atoms with Crippen molar-refractivity contribution in [2.24, 2.45) is 0 Å². The van der Waals surface area contributed by atoms with E-state index in [0.717, 1.165) is 57.5 Å². The number of carbonyl (C=O) groups is 1. The maximum Gasteiger partial charge on any atom is 0.278 e. The first-order chi connectivity index (χ1) is 26.0. The fourth-order valence-corrected chi connectivity index (χ4v) is 7.67. The van der Waals surface area contributed by atoms with Gasteiger partial charge in [-0.25, -0.2) is 4.68 Å². The van der Waals surface area contributed by atoms with Crippen LogP contribution in [-0.2, 0) is 23.2 Å². The summed E-state index contributed by atoms with van der Waals surface area (Å²) < 4.78 is 3.86. The van der Waals surface area contributed by atoms with Gasteiger partial charge in [0, 0.05) is 23.2 Å². The molecule has 9 heteroatoms. The van der Waals surface area contributed by atoms with Gasteiger partial charge in [-0.3, -0.25) is 14.9 Å². The number of nitrogens with one attached hydrogen (secondary N) is 1. The number of hydrogen-bond donors (Lipinski definition) is 1. The minimum absolute atomic E-state index is 0.144. The Labute approximate surface area is 308 Å². The number of fused-ring (bicyclic) bond motifs is 1. The van der Waals surface area contributed by atoms with E-state index in [4.69, 9.17) is 10.3 Å². The maximum atomic E-state index is 13.4. The lowest BCUT2D eigenvalue weighted by molar-refractivity contribution is -0.117. The van der Waals surface area contributed by atoms with Gasteiger partial charge in [0.15, 0.2) is 5.82 Å². The minimum atomic E-state index is -0.884. The molecule has 8 rings (SSSR count). The minimum Gasteiger partial charge on any atom is -0.303 e. The summed E-state index contributed by atoms with van der Waals surface area (Å²) in [6.45, 7) is 3.97. The number of amides is 1. The van der Waals surface area contributed by atoms with Gasteiger partial charge in [0.2, 0.25) is 11.9 Å². The van der Waals surface area contributed by atoms with Crippen molar-refractivity contribution in [3.8, 4) is 22.5 Å². The highest BCUT2D eigenvalue weighted by Crippen LogP contribution is 2.43. The van der Waals surface area contributed by atoms with Crippen LogP contribution in [0.1, 0.15) is 66.2 Å². The Morgan fingerprint density at radius 3 is 1.87 bits per heavy atom. The van der Waals surface area contributed by atoms with Crippen molar-refractivity contribution in [3.05, 3.63) is 183 Å². The molecule has 1 atom stereocenters. The summed E-state index contributed by atoms with van der Waals surface area (Å²) in [7, 11) is 0. The summed E-state index contributed by atoms with van der Waals surface area (Å²) >= 11 is 0. The lowest BCUT2D eigenvalue weighted by atomic mass is 9.77. The largest absolute Gasteiger partial charge is 0.303 e. The fourth-order valence-electron chi connectivity index (χ4n) is 7.67. The molecule has 7 aromatic rings. The molecule has 0 saturated carbocycles. The topological polar surface area (TPSA) is 108 Å². The zero-order valence-electron chi connectivity index (χ0n) is 29.7. The van der Waals surface area contributed by atoms with E-state index in [1.807, 2.05) is 82.9 Å². The van der Waals surface area contributed by atoms with Gasteiger partial charge in [-0.2, -0.15) is 4.98 Å². The highest BCUT2D eigenvalue weighted by atomic mass is 16.2. The van der Waals surface area contributed by atoms with Gasteiger partial charge in [-0.15, -0.1) is 5.10 Å². The number of rotatable bonds is 11. The zero-order chi connectivity index (χ0) is 36.4. The van der Waals surface area contributed by atoms with Gasteiger partial charge in [-0.05, 0) is 63.6 Å². The van der Waals surface area contributed by atoms with Crippen LogP contribution in [0.25, 0.3) is 22.5 Å². The highest BCUT2D eigenvalue weighted by Gasteiger charge is 2.42. The van der Waals surface area contributed by atoms with Crippen molar-refractivity contribution in [3.63, 3.8) is 0 Å². The molecule has 2 aromatic heterocycles. The first kappa shape index (κ1) is 33.7. The van der Waals surface area contributed by atoms with Crippen LogP contribution in [0.4, 0.5) is 5.95 Å². The zero-order valence-corrected chi connectivity index (χ0v) is 29.7. The summed E-state index contributed by atoms with van der Waals surface area (Å²) in [6.07, 6.45) is 3.00. The normalized spacial score (nSPS) is 13.8. The molecule has 0 saturated heterocycles. The molecule has 0 spiro atoms. The molecule has 3 heterocycles. The van der Waals surface area contributed by atoms with E-state index >= 15 is 0 Å². The van der Waals surface area contributed by atoms with Crippen LogP contribution >= 0.6 is 0 Å². The highest BCUT2D eigenvalue weighted by molar-refractivity contribution is 5.96. The lowest BCUT2D eigenvalue weighted by Gasteiger charge is -2.36. The molecular formula is C44H39N7O2. The van der Waals surface area contributed by atoms with Gasteiger partial charge in [0.05, 0.1) is 0 Å². The van der Waals surface area contributed by atoms with Crippen molar-refractivity contribution in [2.75, 3.05) is 5.32 Å². The number of benzene rings is 5. The molecule has 0 aliphatic carbocycles. The molecule has 0 bridgehead atoms. The first-order valence-corrected chi connectivity index (χ1v) is 18.1. The number of unbranched alkanes of at least 4 members (excludes halogenated alkanes) is 1. The summed E-state index contributed by atoms with van der Waals surface area (Å²) in [5, 5.41) is 16.5. The third kappa shape index (κ3) is 5.94. The van der Waals surface area contributed by atoms with Crippen molar-refractivity contribution in [1.29, 1.82) is 0 Å². The number of aromatic nitrogens is 6. The molecule has 53 heavy (non-hydrogen) atoms. The Bertz CT molecular complexity index is 2340. The predicted octanol–water partition coefficient (Wildman–Crippen LogP) is 7.85. The number of anilines is 1. The molecule has 1 unspecified atom stereocenters. The number of carbonyl (C=O) groups excluding carboxylic acids is 1. The fraction of sp³-hybridized carbons (Fsp3) is 0.182. The number of hydrogen-bond acceptors (Lipinski definition) is 6. The second-order valence-corrected chi connectivity index (χ2v) is 13.4. The average Bonchev–Trinajstić information content (AvgIpc) is 3.80. The summed E-state index contributed by atoms with van der Waals surface area (Å²) in [5.41, 5.74) is 7.24. The molecular weight excluding hydrogens is 659 g/mol. The summed E-state index contributed by atoms with van der Waals surface area (Å²) in [5.74, 6) is 0.818. The Morgan fingerprint density at radius 2 is 1.28 bits per heavy atom. The maximum absolute atomic E-state index is 13.4. The molecule has 1 aliphatic heterocycles. The van der Waals surface area contributed by atoms with Crippen molar-refractivity contribution in [1.82, 2.24) is 29.8 Å². The molecule has 1 aliphatic rings. The molecule has 5 aromatic carbocycles. The monoisotopic (exact) mass is 697 g/mol. The SMILES string of the molecule is CCCCc1c(Cc2ccc(-c3ccccc3-c3nnnn3C(c3ccccc3)(c3ccccc3)c3ccccc3)cc2)c(=O)nc2n1C(C)C(=O)N2. The molecule has 1 N–H and O–H groups in total. The van der Waals surface area contributed by atoms with Gasteiger partial charge in [0.25, 0.3) is 5.56 Å². The van der Waals surface area contributed by atoms with E-state index in [9.17, 15) is 9.59 Å². The standard InChI is InChI=1S/C44H39N7O2/c1-3-4-24-39-38(42(53)46-43-45-41(52)30(2)50(39)43)29-31-25-27-32(28-26-31)36-22-14-15-23-37(36)40-47-48-49-51(40)44(33-16-8-5-9-17-33,34-18-10-6-11-19-34)35-20-12-7-13-21-35/h5-23,25-28,30H,3-4,24,29H2,1-2H3,(H,45,46,52,53). The lowest BCUT2D eigenvalue weighted by Crippen LogP contribution is -2.39. The van der Waals surface area contributed by atoms with E-state index in [-0.39, 0.29) is 11.5 Å². The smallest absolute Gasteiger partial charge is 0.278 e. The third-order valence-electron chi connectivity index (χ3n) is 10.3. The Hall–Kier alpha value is -6.48. The Balaban J connectivity index is 1.22. The molecule has 0 fully saturated rings. The quantitative estimate of drug-likeness (QED) is 0.138. The molecule has 262 valence electrons. The van der Waals surface area contributed by atoms with Gasteiger partial charge in [-0.1, -0.05) is 153 Å². The second kappa shape index (κ2) is 14.3. The summed E-state index contributed by atoms with van der Waals surface area (Å²) in [4.78, 5) is 30.2. The van der Waals surface area contributed by atoms with E-state index in [0.29, 0.717) is 30.2 Å². The number of nitrogens with zero attached hydrogens (tertiary/aromatic N) is 6. The van der Waals surface area contributed by atoms with E-state index in [1.165, 1.54) is 0 Å². The van der Waals surface area contributed by atoms with Crippen LogP contribution in [0.2, 0.25) is 0 Å². The Kier molecular flexibility index (Phi) is 9.06. The van der Waals surface area contributed by atoms with Crippen LogP contribution < -0.4 is 10.9 Å². The van der Waals surface area contributed by atoms with E-state index in [1.54, 1.807) is 0 Å². The average molecular weight is 698 g/mol. The molecule has 0 radical (unpaired) electrons. The van der Waals surface area contributed by atoms with Gasteiger partial charge < -0.3 is 4.57 Å². The molecule has 1 amide bonds. The van der Waals surface area contributed by atoms with Gasteiger partial charge in [0.1, 0.15) is 11.6 Å². The first-order valence-electron chi connectivity index (χ1n) is 18.1. The van der Waals surface area contributed by atoms with Crippen LogP contribution in [-0.4, -0.2) is 35.7 Å². The van der Waals surface area contributed by atoms with E-state index in [2.05, 4.69) is 95.2 Å². The molecule has 9 nitrogen and oxygen atoms in total. The predicted molar refractivity (Wildman–Crippen MR) is 207 cm³/mol. The van der Waals surface area contributed by atoms with Crippen LogP contribution in [0, 0.1) is 0 Å². The second-order valence-electron chi connectivity index (χ2n) is 13.4. The number of tetrazole rings is 1.